The van der Waals surface area contributed by atoms with E-state index in [2.05, 4.69) is 5.10 Å². The number of likely N-dealkylation sites (N-methyl/N-ethyl adjacent to an activating group) is 1. The van der Waals surface area contributed by atoms with Gasteiger partial charge in [-0.3, -0.25) is 14.3 Å². The van der Waals surface area contributed by atoms with Crippen molar-refractivity contribution in [3.63, 3.8) is 0 Å². The lowest BCUT2D eigenvalue weighted by molar-refractivity contribution is -0.152. The van der Waals surface area contributed by atoms with Crippen LogP contribution in [0.15, 0.2) is 6.07 Å². The highest BCUT2D eigenvalue weighted by Gasteiger charge is 2.43. The molecule has 1 amide bonds. The van der Waals surface area contributed by atoms with Gasteiger partial charge in [0.15, 0.2) is 0 Å². The summed E-state index contributed by atoms with van der Waals surface area (Å²) in [5, 5.41) is 14.2. The number of amides is 1. The second-order valence-corrected chi connectivity index (χ2v) is 7.36. The Labute approximate surface area is 149 Å². The lowest BCUT2D eigenvalue weighted by atomic mass is 9.76. The molecule has 0 bridgehead atoms. The predicted octanol–water partition coefficient (Wildman–Crippen LogP) is 1.86. The average molecular weight is 350 g/mol. The van der Waals surface area contributed by atoms with Gasteiger partial charge in [-0.1, -0.05) is 13.3 Å². The van der Waals surface area contributed by atoms with E-state index in [1.165, 1.54) is 0 Å². The van der Waals surface area contributed by atoms with Crippen LogP contribution in [-0.2, 0) is 11.3 Å². The number of aryl methyl sites for hydroxylation is 1. The van der Waals surface area contributed by atoms with Crippen LogP contribution < -0.4 is 0 Å². The van der Waals surface area contributed by atoms with E-state index in [9.17, 15) is 14.7 Å². The van der Waals surface area contributed by atoms with Crippen LogP contribution in [0.1, 0.15) is 48.8 Å². The van der Waals surface area contributed by atoms with Gasteiger partial charge in [0.2, 0.25) is 0 Å². The fourth-order valence-corrected chi connectivity index (χ4v) is 3.61. The molecule has 25 heavy (non-hydrogen) atoms. The zero-order valence-electron chi connectivity index (χ0n) is 15.8. The Morgan fingerprint density at radius 1 is 1.40 bits per heavy atom. The molecule has 0 aromatic carbocycles. The Hall–Kier alpha value is -1.89. The summed E-state index contributed by atoms with van der Waals surface area (Å²) in [7, 11) is 3.96. The monoisotopic (exact) mass is 350 g/mol. The minimum absolute atomic E-state index is 0.110. The van der Waals surface area contributed by atoms with Crippen molar-refractivity contribution >= 4 is 11.9 Å². The number of likely N-dealkylation sites (tertiary alicyclic amines) is 1. The van der Waals surface area contributed by atoms with E-state index in [-0.39, 0.29) is 12.5 Å². The van der Waals surface area contributed by atoms with Gasteiger partial charge in [-0.15, -0.1) is 0 Å². The fraction of sp³-hybridized carbons (Fsp3) is 0.722. The number of carboxylic acids is 1. The molecule has 1 saturated heterocycles. The third kappa shape index (κ3) is 4.39. The summed E-state index contributed by atoms with van der Waals surface area (Å²) < 4.78 is 1.74. The van der Waals surface area contributed by atoms with Gasteiger partial charge < -0.3 is 14.9 Å². The Kier molecular flexibility index (Phi) is 6.21. The second-order valence-electron chi connectivity index (χ2n) is 7.36. The highest BCUT2D eigenvalue weighted by atomic mass is 16.4. The van der Waals surface area contributed by atoms with Gasteiger partial charge in [0.1, 0.15) is 5.69 Å². The summed E-state index contributed by atoms with van der Waals surface area (Å²) in [6.07, 6.45) is 2.76. The predicted molar refractivity (Wildman–Crippen MR) is 95.6 cm³/mol. The van der Waals surface area contributed by atoms with E-state index < -0.39 is 11.4 Å². The average Bonchev–Trinajstić information content (AvgIpc) is 2.93. The molecule has 2 rings (SSSR count). The lowest BCUT2D eigenvalue weighted by Gasteiger charge is -2.39. The van der Waals surface area contributed by atoms with Crippen molar-refractivity contribution in [3.8, 4) is 0 Å². The molecule has 1 atom stereocenters. The smallest absolute Gasteiger partial charge is 0.311 e. The zero-order valence-corrected chi connectivity index (χ0v) is 15.8. The maximum Gasteiger partial charge on any atom is 0.311 e. The first-order chi connectivity index (χ1) is 11.8. The SMILES string of the molecule is CCC[C@]1(C(=O)O)CCCN(C(=O)c2cc(C)nn2CCN(C)C)C1. The number of nitrogens with zero attached hydrogens (tertiary/aromatic N) is 4. The van der Waals surface area contributed by atoms with Crippen LogP contribution in [0.5, 0.6) is 0 Å². The molecule has 7 heteroatoms. The molecule has 1 aliphatic heterocycles. The van der Waals surface area contributed by atoms with Crippen LogP contribution in [0, 0.1) is 12.3 Å². The number of carbonyl (C=O) groups is 2. The molecule has 0 radical (unpaired) electrons. The maximum atomic E-state index is 13.1. The number of rotatable bonds is 7. The molecule has 1 aliphatic rings. The summed E-state index contributed by atoms with van der Waals surface area (Å²) >= 11 is 0. The minimum Gasteiger partial charge on any atom is -0.481 e. The summed E-state index contributed by atoms with van der Waals surface area (Å²) in [5.74, 6) is -0.898. The van der Waals surface area contributed by atoms with E-state index in [4.69, 9.17) is 0 Å². The van der Waals surface area contributed by atoms with E-state index in [1.54, 1.807) is 15.6 Å². The van der Waals surface area contributed by atoms with Crippen molar-refractivity contribution in [1.82, 2.24) is 19.6 Å². The molecular weight excluding hydrogens is 320 g/mol. The Morgan fingerprint density at radius 3 is 2.72 bits per heavy atom. The number of hydrogen-bond acceptors (Lipinski definition) is 4. The minimum atomic E-state index is -0.813. The number of carbonyl (C=O) groups excluding carboxylic acids is 1. The van der Waals surface area contributed by atoms with Crippen LogP contribution in [0.2, 0.25) is 0 Å². The molecule has 7 nitrogen and oxygen atoms in total. The molecule has 1 N–H and O–H groups in total. The molecule has 0 saturated carbocycles. The third-order valence-electron chi connectivity index (χ3n) is 4.93. The van der Waals surface area contributed by atoms with Gasteiger partial charge in [0.05, 0.1) is 17.7 Å². The van der Waals surface area contributed by atoms with Crippen molar-refractivity contribution < 1.29 is 14.7 Å². The molecule has 140 valence electrons. The van der Waals surface area contributed by atoms with E-state index in [0.717, 1.165) is 25.1 Å². The van der Waals surface area contributed by atoms with E-state index >= 15 is 0 Å². The molecule has 2 heterocycles. The summed E-state index contributed by atoms with van der Waals surface area (Å²) in [6.45, 7) is 6.18. The molecular formula is C18H30N4O3. The first-order valence-electron chi connectivity index (χ1n) is 9.01. The van der Waals surface area contributed by atoms with Crippen LogP contribution in [0.4, 0.5) is 0 Å². The second kappa shape index (κ2) is 7.99. The van der Waals surface area contributed by atoms with E-state index in [1.807, 2.05) is 32.8 Å². The number of hydrogen-bond donors (Lipinski definition) is 1. The third-order valence-corrected chi connectivity index (χ3v) is 4.93. The largest absolute Gasteiger partial charge is 0.481 e. The van der Waals surface area contributed by atoms with Crippen LogP contribution >= 0.6 is 0 Å². The molecule has 0 unspecified atom stereocenters. The van der Waals surface area contributed by atoms with Crippen molar-refractivity contribution in [3.05, 3.63) is 17.5 Å². The zero-order chi connectivity index (χ0) is 18.6. The van der Waals surface area contributed by atoms with Crippen LogP contribution in [0.3, 0.4) is 0 Å². The van der Waals surface area contributed by atoms with Gasteiger partial charge >= 0.3 is 5.97 Å². The molecule has 0 spiro atoms. The van der Waals surface area contributed by atoms with Gasteiger partial charge in [-0.2, -0.15) is 5.10 Å². The highest BCUT2D eigenvalue weighted by molar-refractivity contribution is 5.93. The number of piperidine rings is 1. The van der Waals surface area contributed by atoms with Crippen molar-refractivity contribution in [2.75, 3.05) is 33.7 Å². The highest BCUT2D eigenvalue weighted by Crippen LogP contribution is 2.35. The first-order valence-corrected chi connectivity index (χ1v) is 9.01. The molecule has 1 fully saturated rings. The van der Waals surface area contributed by atoms with Gasteiger partial charge in [0, 0.05) is 19.6 Å². The van der Waals surface area contributed by atoms with E-state index in [0.29, 0.717) is 31.6 Å². The number of aliphatic carboxylic acids is 1. The standard InChI is InChI=1S/C18H30N4O3/c1-5-7-18(17(24)25)8-6-9-21(13-18)16(23)15-12-14(2)19-22(15)11-10-20(3)4/h12H,5-11,13H2,1-4H3,(H,24,25)/t18-/m0/s1. The van der Waals surface area contributed by atoms with Crippen molar-refractivity contribution in [1.29, 1.82) is 0 Å². The molecule has 1 aromatic rings. The van der Waals surface area contributed by atoms with Crippen molar-refractivity contribution in [2.24, 2.45) is 5.41 Å². The van der Waals surface area contributed by atoms with Gasteiger partial charge in [0.25, 0.3) is 5.91 Å². The lowest BCUT2D eigenvalue weighted by Crippen LogP contribution is -2.50. The van der Waals surface area contributed by atoms with Gasteiger partial charge in [-0.05, 0) is 46.3 Å². The number of carboxylic acid groups (broad SMARTS) is 1. The van der Waals surface area contributed by atoms with Crippen LogP contribution in [0.25, 0.3) is 0 Å². The number of aromatic nitrogens is 2. The normalized spacial score (nSPS) is 20.9. The fourth-order valence-electron chi connectivity index (χ4n) is 3.61. The molecule has 1 aromatic heterocycles. The Bertz CT molecular complexity index is 622. The van der Waals surface area contributed by atoms with Gasteiger partial charge in [-0.25, -0.2) is 0 Å². The summed E-state index contributed by atoms with van der Waals surface area (Å²) in [4.78, 5) is 28.7. The van der Waals surface area contributed by atoms with Crippen molar-refractivity contribution in [2.45, 2.75) is 46.1 Å². The quantitative estimate of drug-likeness (QED) is 0.812. The summed E-state index contributed by atoms with van der Waals surface area (Å²) in [5.41, 5.74) is 0.542. The first kappa shape index (κ1) is 19.4. The van der Waals surface area contributed by atoms with Crippen LogP contribution in [-0.4, -0.2) is 70.3 Å². The Balaban J connectivity index is 2.21. The topological polar surface area (TPSA) is 78.7 Å². The maximum absolute atomic E-state index is 13.1. The summed E-state index contributed by atoms with van der Waals surface area (Å²) in [6, 6.07) is 1.80. The molecule has 0 aliphatic carbocycles. The Morgan fingerprint density at radius 2 is 2.12 bits per heavy atom.